The molecule has 0 heterocycles. The first-order chi connectivity index (χ1) is 7.79. The molecule has 1 atom stereocenters. The largest absolute Gasteiger partial charge is 0.490 e. The van der Waals surface area contributed by atoms with Gasteiger partial charge in [-0.15, -0.1) is 6.58 Å². The third kappa shape index (κ3) is 2.64. The van der Waals surface area contributed by atoms with Gasteiger partial charge in [0.1, 0.15) is 5.75 Å². The van der Waals surface area contributed by atoms with Crippen LogP contribution in [0.15, 0.2) is 36.9 Å². The van der Waals surface area contributed by atoms with E-state index in [1.807, 2.05) is 24.3 Å². The molecular weight excluding hydrogens is 198 g/mol. The summed E-state index contributed by atoms with van der Waals surface area (Å²) >= 11 is 0. The van der Waals surface area contributed by atoms with Gasteiger partial charge in [0, 0.05) is 6.04 Å². The minimum absolute atomic E-state index is 0.0828. The van der Waals surface area contributed by atoms with E-state index in [-0.39, 0.29) is 6.04 Å². The van der Waals surface area contributed by atoms with E-state index < -0.39 is 0 Å². The molecule has 0 saturated heterocycles. The molecule has 0 bridgehead atoms. The van der Waals surface area contributed by atoms with Gasteiger partial charge in [0.15, 0.2) is 0 Å². The minimum atomic E-state index is -0.0828. The van der Waals surface area contributed by atoms with Gasteiger partial charge in [0.25, 0.3) is 0 Å². The highest BCUT2D eigenvalue weighted by molar-refractivity contribution is 5.30. The maximum atomic E-state index is 5.88. The topological polar surface area (TPSA) is 35.2 Å². The standard InChI is InChI=1S/C14H19NO/c1-2-14(15)11-7-9-13(10-8-11)16-12-5-3-4-6-12/h2,7-10,12,14H,1,3-6,15H2/t14-/m0/s1. The molecule has 0 amide bonds. The third-order valence-corrected chi connectivity index (χ3v) is 3.12. The van der Waals surface area contributed by atoms with Crippen LogP contribution in [0.25, 0.3) is 0 Å². The lowest BCUT2D eigenvalue weighted by Crippen LogP contribution is -2.11. The molecule has 2 N–H and O–H groups in total. The van der Waals surface area contributed by atoms with Crippen LogP contribution in [0.5, 0.6) is 5.75 Å². The van der Waals surface area contributed by atoms with Crippen LogP contribution in [0.4, 0.5) is 0 Å². The number of benzene rings is 1. The highest BCUT2D eigenvalue weighted by atomic mass is 16.5. The highest BCUT2D eigenvalue weighted by Crippen LogP contribution is 2.25. The fourth-order valence-electron chi connectivity index (χ4n) is 2.10. The summed E-state index contributed by atoms with van der Waals surface area (Å²) in [5, 5.41) is 0. The number of nitrogens with two attached hydrogens (primary N) is 1. The Labute approximate surface area is 97.1 Å². The van der Waals surface area contributed by atoms with Crippen LogP contribution in [-0.2, 0) is 0 Å². The molecule has 86 valence electrons. The summed E-state index contributed by atoms with van der Waals surface area (Å²) in [7, 11) is 0. The number of hydrogen-bond acceptors (Lipinski definition) is 2. The van der Waals surface area contributed by atoms with Gasteiger partial charge in [-0.3, -0.25) is 0 Å². The molecule has 1 aromatic carbocycles. The minimum Gasteiger partial charge on any atom is -0.490 e. The van der Waals surface area contributed by atoms with E-state index in [0.717, 1.165) is 11.3 Å². The van der Waals surface area contributed by atoms with Crippen LogP contribution >= 0.6 is 0 Å². The maximum Gasteiger partial charge on any atom is 0.119 e. The molecule has 2 nitrogen and oxygen atoms in total. The van der Waals surface area contributed by atoms with Crippen molar-refractivity contribution in [2.45, 2.75) is 37.8 Å². The third-order valence-electron chi connectivity index (χ3n) is 3.12. The van der Waals surface area contributed by atoms with Crippen molar-refractivity contribution in [3.8, 4) is 5.75 Å². The van der Waals surface area contributed by atoms with Crippen LogP contribution < -0.4 is 10.5 Å². The molecule has 1 saturated carbocycles. The molecular formula is C14H19NO. The zero-order valence-corrected chi connectivity index (χ0v) is 9.56. The second-order valence-electron chi connectivity index (χ2n) is 4.35. The first kappa shape index (κ1) is 11.2. The predicted octanol–water partition coefficient (Wildman–Crippen LogP) is 3.19. The Morgan fingerprint density at radius 3 is 2.44 bits per heavy atom. The fraction of sp³-hybridized carbons (Fsp3) is 0.429. The van der Waals surface area contributed by atoms with Gasteiger partial charge >= 0.3 is 0 Å². The average Bonchev–Trinajstić information content (AvgIpc) is 2.82. The fourth-order valence-corrected chi connectivity index (χ4v) is 2.10. The van der Waals surface area contributed by atoms with Gasteiger partial charge in [-0.2, -0.15) is 0 Å². The zero-order valence-electron chi connectivity index (χ0n) is 9.56. The SMILES string of the molecule is C=C[C@H](N)c1ccc(OC2CCCC2)cc1. The first-order valence-electron chi connectivity index (χ1n) is 5.94. The molecule has 1 aliphatic carbocycles. The van der Waals surface area contributed by atoms with Crippen molar-refractivity contribution in [3.63, 3.8) is 0 Å². The second kappa shape index (κ2) is 5.17. The van der Waals surface area contributed by atoms with E-state index in [2.05, 4.69) is 6.58 Å². The average molecular weight is 217 g/mol. The van der Waals surface area contributed by atoms with Crippen molar-refractivity contribution in [2.24, 2.45) is 5.73 Å². The monoisotopic (exact) mass is 217 g/mol. The second-order valence-corrected chi connectivity index (χ2v) is 4.35. The summed E-state index contributed by atoms with van der Waals surface area (Å²) in [6.45, 7) is 3.69. The zero-order chi connectivity index (χ0) is 11.4. The van der Waals surface area contributed by atoms with E-state index in [9.17, 15) is 0 Å². The van der Waals surface area contributed by atoms with Crippen molar-refractivity contribution < 1.29 is 4.74 Å². The van der Waals surface area contributed by atoms with Crippen molar-refractivity contribution in [1.29, 1.82) is 0 Å². The van der Waals surface area contributed by atoms with Gasteiger partial charge in [-0.05, 0) is 43.4 Å². The maximum absolute atomic E-state index is 5.88. The summed E-state index contributed by atoms with van der Waals surface area (Å²) in [5.74, 6) is 0.951. The quantitative estimate of drug-likeness (QED) is 0.786. The smallest absolute Gasteiger partial charge is 0.119 e. The van der Waals surface area contributed by atoms with E-state index >= 15 is 0 Å². The summed E-state index contributed by atoms with van der Waals surface area (Å²) < 4.78 is 5.88. The number of rotatable bonds is 4. The molecule has 0 aromatic heterocycles. The van der Waals surface area contributed by atoms with Crippen molar-refractivity contribution >= 4 is 0 Å². The molecule has 0 spiro atoms. The molecule has 2 heteroatoms. The Morgan fingerprint density at radius 1 is 1.25 bits per heavy atom. The van der Waals surface area contributed by atoms with E-state index in [1.165, 1.54) is 25.7 Å². The van der Waals surface area contributed by atoms with Crippen molar-refractivity contribution in [3.05, 3.63) is 42.5 Å². The van der Waals surface area contributed by atoms with Crippen molar-refractivity contribution in [1.82, 2.24) is 0 Å². The van der Waals surface area contributed by atoms with Gasteiger partial charge in [0.05, 0.1) is 6.10 Å². The van der Waals surface area contributed by atoms with Gasteiger partial charge in [-0.1, -0.05) is 18.2 Å². The summed E-state index contributed by atoms with van der Waals surface area (Å²) in [5.41, 5.74) is 6.93. The highest BCUT2D eigenvalue weighted by Gasteiger charge is 2.16. The van der Waals surface area contributed by atoms with Gasteiger partial charge in [-0.25, -0.2) is 0 Å². The Balaban J connectivity index is 1.98. The Bertz CT molecular complexity index is 338. The van der Waals surface area contributed by atoms with Crippen LogP contribution in [0.2, 0.25) is 0 Å². The molecule has 1 aromatic rings. The van der Waals surface area contributed by atoms with Gasteiger partial charge < -0.3 is 10.5 Å². The van der Waals surface area contributed by atoms with Crippen LogP contribution in [-0.4, -0.2) is 6.10 Å². The molecule has 0 aliphatic heterocycles. The molecule has 1 fully saturated rings. The molecule has 1 aliphatic rings. The van der Waals surface area contributed by atoms with Crippen LogP contribution in [0, 0.1) is 0 Å². The lowest BCUT2D eigenvalue weighted by molar-refractivity contribution is 0.210. The summed E-state index contributed by atoms with van der Waals surface area (Å²) in [6, 6.07) is 7.93. The Hall–Kier alpha value is -1.28. The lowest BCUT2D eigenvalue weighted by Gasteiger charge is -2.14. The number of ether oxygens (including phenoxy) is 1. The first-order valence-corrected chi connectivity index (χ1v) is 5.94. The molecule has 0 radical (unpaired) electrons. The number of hydrogen-bond donors (Lipinski definition) is 1. The normalized spacial score (nSPS) is 18.3. The molecule has 16 heavy (non-hydrogen) atoms. The van der Waals surface area contributed by atoms with E-state index in [1.54, 1.807) is 6.08 Å². The Morgan fingerprint density at radius 2 is 1.88 bits per heavy atom. The Kier molecular flexibility index (Phi) is 3.62. The van der Waals surface area contributed by atoms with Crippen molar-refractivity contribution in [2.75, 3.05) is 0 Å². The molecule has 0 unspecified atom stereocenters. The van der Waals surface area contributed by atoms with E-state index in [0.29, 0.717) is 6.10 Å². The molecule has 2 rings (SSSR count). The summed E-state index contributed by atoms with van der Waals surface area (Å²) in [4.78, 5) is 0. The predicted molar refractivity (Wildman–Crippen MR) is 66.5 cm³/mol. The van der Waals surface area contributed by atoms with Gasteiger partial charge in [0.2, 0.25) is 0 Å². The van der Waals surface area contributed by atoms with Crippen LogP contribution in [0.1, 0.15) is 37.3 Å². The summed E-state index contributed by atoms with van der Waals surface area (Å²) in [6.07, 6.45) is 7.13. The van der Waals surface area contributed by atoms with Crippen LogP contribution in [0.3, 0.4) is 0 Å². The van der Waals surface area contributed by atoms with E-state index in [4.69, 9.17) is 10.5 Å². The lowest BCUT2D eigenvalue weighted by atomic mass is 10.1.